The average molecular weight is 342 g/mol. The first kappa shape index (κ1) is 12.8. The van der Waals surface area contributed by atoms with Crippen LogP contribution in [0.5, 0.6) is 0 Å². The quantitative estimate of drug-likeness (QED) is 0.907. The number of fused-ring (bicyclic) bond motifs is 1. The van der Waals surface area contributed by atoms with E-state index in [1.165, 1.54) is 4.31 Å². The summed E-state index contributed by atoms with van der Waals surface area (Å²) in [7, 11) is -3.47. The maximum atomic E-state index is 12.6. The molecule has 1 aliphatic heterocycles. The molecule has 1 N–H and O–H groups in total. The van der Waals surface area contributed by atoms with E-state index >= 15 is 0 Å². The predicted octanol–water partition coefficient (Wildman–Crippen LogP) is 1.92. The van der Waals surface area contributed by atoms with Crippen molar-refractivity contribution in [2.45, 2.75) is 17.9 Å². The van der Waals surface area contributed by atoms with Crippen molar-refractivity contribution >= 4 is 26.0 Å². The molecule has 0 atom stereocenters. The first-order valence-corrected chi connectivity index (χ1v) is 8.08. The third-order valence-electron chi connectivity index (χ3n) is 3.22. The van der Waals surface area contributed by atoms with Gasteiger partial charge in [-0.2, -0.15) is 9.40 Å². The van der Waals surface area contributed by atoms with Crippen LogP contribution in [-0.2, 0) is 23.0 Å². The molecule has 0 spiro atoms. The fraction of sp³-hybridized carbons (Fsp3) is 0.250. The summed E-state index contributed by atoms with van der Waals surface area (Å²) in [5, 5.41) is 6.85. The van der Waals surface area contributed by atoms with Gasteiger partial charge in [-0.1, -0.05) is 12.1 Å². The molecule has 0 fully saturated rings. The Labute approximate surface area is 119 Å². The highest BCUT2D eigenvalue weighted by Crippen LogP contribution is 2.28. The summed E-state index contributed by atoms with van der Waals surface area (Å²) < 4.78 is 27.3. The lowest BCUT2D eigenvalue weighted by Crippen LogP contribution is -2.35. The fourth-order valence-electron chi connectivity index (χ4n) is 2.19. The van der Waals surface area contributed by atoms with Crippen LogP contribution in [0.2, 0.25) is 0 Å². The van der Waals surface area contributed by atoms with E-state index in [4.69, 9.17) is 0 Å². The Morgan fingerprint density at radius 1 is 1.32 bits per heavy atom. The zero-order valence-corrected chi connectivity index (χ0v) is 12.4. The summed E-state index contributed by atoms with van der Waals surface area (Å²) in [6.07, 6.45) is 2.36. The minimum Gasteiger partial charge on any atom is -0.282 e. The van der Waals surface area contributed by atoms with E-state index in [0.29, 0.717) is 28.9 Å². The highest BCUT2D eigenvalue weighted by atomic mass is 79.9. The second-order valence-electron chi connectivity index (χ2n) is 4.39. The van der Waals surface area contributed by atoms with Gasteiger partial charge in [-0.05, 0) is 28.1 Å². The van der Waals surface area contributed by atoms with Crippen molar-refractivity contribution in [3.8, 4) is 0 Å². The fourth-order valence-corrected chi connectivity index (χ4v) is 4.58. The smallest absolute Gasteiger partial charge is 0.244 e. The van der Waals surface area contributed by atoms with Crippen LogP contribution in [0.1, 0.15) is 11.3 Å². The van der Waals surface area contributed by atoms with Gasteiger partial charge in [-0.15, -0.1) is 0 Å². The van der Waals surface area contributed by atoms with Gasteiger partial charge in [-0.25, -0.2) is 8.42 Å². The molecule has 2 aromatic rings. The number of H-pyrrole nitrogens is 1. The Kier molecular flexibility index (Phi) is 3.20. The SMILES string of the molecule is O=S(=O)(c1ccccc1Br)N1CCc2[nH]ncc2C1. The number of halogens is 1. The zero-order valence-electron chi connectivity index (χ0n) is 10.0. The number of nitrogens with zero attached hydrogens (tertiary/aromatic N) is 2. The molecule has 2 heterocycles. The molecule has 0 saturated heterocycles. The highest BCUT2D eigenvalue weighted by molar-refractivity contribution is 9.10. The average Bonchev–Trinajstić information content (AvgIpc) is 2.86. The van der Waals surface area contributed by atoms with Crippen molar-refractivity contribution < 1.29 is 8.42 Å². The molecule has 0 bridgehead atoms. The number of hydrogen-bond acceptors (Lipinski definition) is 3. The van der Waals surface area contributed by atoms with E-state index in [0.717, 1.165) is 11.3 Å². The van der Waals surface area contributed by atoms with Crippen LogP contribution < -0.4 is 0 Å². The number of nitrogens with one attached hydrogen (secondary N) is 1. The number of hydrogen-bond donors (Lipinski definition) is 1. The number of sulfonamides is 1. The Balaban J connectivity index is 1.97. The Morgan fingerprint density at radius 3 is 2.89 bits per heavy atom. The van der Waals surface area contributed by atoms with Gasteiger partial charge in [0.05, 0.1) is 11.1 Å². The highest BCUT2D eigenvalue weighted by Gasteiger charge is 2.30. The molecule has 0 amide bonds. The monoisotopic (exact) mass is 341 g/mol. The standard InChI is InChI=1S/C12H12BrN3O2S/c13-10-3-1-2-4-12(10)19(17,18)16-6-5-11-9(8-16)7-14-15-11/h1-4,7H,5-6,8H2,(H,14,15). The molecule has 100 valence electrons. The van der Waals surface area contributed by atoms with E-state index in [9.17, 15) is 8.42 Å². The van der Waals surface area contributed by atoms with Gasteiger partial charge in [-0.3, -0.25) is 5.10 Å². The van der Waals surface area contributed by atoms with Crippen molar-refractivity contribution in [2.24, 2.45) is 0 Å². The van der Waals surface area contributed by atoms with E-state index in [1.807, 2.05) is 0 Å². The van der Waals surface area contributed by atoms with E-state index in [2.05, 4.69) is 26.1 Å². The lowest BCUT2D eigenvalue weighted by Gasteiger charge is -2.26. The third-order valence-corrected chi connectivity index (χ3v) is 6.08. The molecule has 1 aromatic carbocycles. The summed E-state index contributed by atoms with van der Waals surface area (Å²) >= 11 is 3.30. The van der Waals surface area contributed by atoms with Crippen LogP contribution in [0.15, 0.2) is 39.8 Å². The molecule has 0 saturated carbocycles. The lowest BCUT2D eigenvalue weighted by atomic mass is 10.1. The van der Waals surface area contributed by atoms with Crippen molar-refractivity contribution in [2.75, 3.05) is 6.54 Å². The molecular formula is C12H12BrN3O2S. The van der Waals surface area contributed by atoms with Crippen LogP contribution in [-0.4, -0.2) is 29.5 Å². The van der Waals surface area contributed by atoms with E-state index in [-0.39, 0.29) is 0 Å². The van der Waals surface area contributed by atoms with Crippen molar-refractivity contribution in [3.05, 3.63) is 46.2 Å². The molecule has 5 nitrogen and oxygen atoms in total. The number of benzene rings is 1. The maximum absolute atomic E-state index is 12.6. The molecule has 0 aliphatic carbocycles. The van der Waals surface area contributed by atoms with Crippen LogP contribution in [0.4, 0.5) is 0 Å². The van der Waals surface area contributed by atoms with Gasteiger partial charge >= 0.3 is 0 Å². The molecule has 1 aliphatic rings. The molecule has 0 unspecified atom stereocenters. The van der Waals surface area contributed by atoms with E-state index in [1.54, 1.807) is 30.5 Å². The van der Waals surface area contributed by atoms with Gasteiger partial charge < -0.3 is 0 Å². The van der Waals surface area contributed by atoms with Crippen LogP contribution in [0, 0.1) is 0 Å². The minimum absolute atomic E-state index is 0.307. The predicted molar refractivity (Wildman–Crippen MR) is 74.0 cm³/mol. The topological polar surface area (TPSA) is 66.1 Å². The van der Waals surface area contributed by atoms with Crippen LogP contribution in [0.25, 0.3) is 0 Å². The van der Waals surface area contributed by atoms with Gasteiger partial charge in [0.15, 0.2) is 0 Å². The molecular weight excluding hydrogens is 330 g/mol. The Bertz CT molecular complexity index is 711. The maximum Gasteiger partial charge on any atom is 0.244 e. The van der Waals surface area contributed by atoms with Gasteiger partial charge in [0.25, 0.3) is 0 Å². The van der Waals surface area contributed by atoms with Gasteiger partial charge in [0, 0.05) is 35.2 Å². The van der Waals surface area contributed by atoms with Crippen molar-refractivity contribution in [1.29, 1.82) is 0 Å². The van der Waals surface area contributed by atoms with Crippen molar-refractivity contribution in [3.63, 3.8) is 0 Å². The second-order valence-corrected chi connectivity index (χ2v) is 7.15. The minimum atomic E-state index is -3.47. The Hall–Kier alpha value is -1.18. The van der Waals surface area contributed by atoms with Crippen LogP contribution in [0.3, 0.4) is 0 Å². The normalized spacial score (nSPS) is 16.3. The van der Waals surface area contributed by atoms with Gasteiger partial charge in [0.2, 0.25) is 10.0 Å². The molecule has 3 rings (SSSR count). The first-order chi connectivity index (χ1) is 9.09. The summed E-state index contributed by atoms with van der Waals surface area (Å²) in [5.74, 6) is 0. The number of rotatable bonds is 2. The molecule has 1 aromatic heterocycles. The summed E-state index contributed by atoms with van der Waals surface area (Å²) in [4.78, 5) is 0.307. The lowest BCUT2D eigenvalue weighted by molar-refractivity contribution is 0.389. The van der Waals surface area contributed by atoms with Gasteiger partial charge in [0.1, 0.15) is 0 Å². The molecule has 7 heteroatoms. The van der Waals surface area contributed by atoms with Crippen LogP contribution >= 0.6 is 15.9 Å². The summed E-state index contributed by atoms with van der Waals surface area (Å²) in [6.45, 7) is 0.842. The van der Waals surface area contributed by atoms with Crippen molar-refractivity contribution in [1.82, 2.24) is 14.5 Å². The van der Waals surface area contributed by atoms with E-state index < -0.39 is 10.0 Å². The molecule has 19 heavy (non-hydrogen) atoms. The largest absolute Gasteiger partial charge is 0.282 e. The number of aromatic nitrogens is 2. The zero-order chi connectivity index (χ0) is 13.5. The summed E-state index contributed by atoms with van der Waals surface area (Å²) in [5.41, 5.74) is 1.97. The summed E-state index contributed by atoms with van der Waals surface area (Å²) in [6, 6.07) is 6.88. The number of aromatic amines is 1. The first-order valence-electron chi connectivity index (χ1n) is 5.85. The third kappa shape index (κ3) is 2.22. The molecule has 0 radical (unpaired) electrons. The second kappa shape index (κ2) is 4.73. The Morgan fingerprint density at radius 2 is 2.11 bits per heavy atom.